The number of anilines is 3. The van der Waals surface area contributed by atoms with E-state index in [1.54, 1.807) is 72.5 Å². The van der Waals surface area contributed by atoms with Gasteiger partial charge in [-0.1, -0.05) is 48.0 Å². The highest BCUT2D eigenvalue weighted by Crippen LogP contribution is 2.40. The summed E-state index contributed by atoms with van der Waals surface area (Å²) in [7, 11) is 0. The third kappa shape index (κ3) is 6.41. The number of carbonyl (C=O) groups excluding carboxylic acids is 2. The Morgan fingerprint density at radius 2 is 1.75 bits per heavy atom. The summed E-state index contributed by atoms with van der Waals surface area (Å²) in [4.78, 5) is 33.3. The number of para-hydroxylation sites is 2. The maximum absolute atomic E-state index is 13.1. The zero-order chi connectivity index (χ0) is 31.5. The zero-order valence-corrected chi connectivity index (χ0v) is 26.0. The van der Waals surface area contributed by atoms with E-state index >= 15 is 0 Å². The fourth-order valence-electron chi connectivity index (χ4n) is 4.83. The van der Waals surface area contributed by atoms with Crippen LogP contribution in [0.15, 0.2) is 77.8 Å². The minimum Gasteiger partial charge on any atom is -0.461 e. The molecule has 0 saturated heterocycles. The van der Waals surface area contributed by atoms with Crippen molar-refractivity contribution < 1.29 is 14.3 Å². The molecule has 0 fully saturated rings. The number of fused-ring (bicyclic) bond motifs is 1. The molecule has 224 valence electrons. The number of aryl methyl sites for hydroxylation is 1. The van der Waals surface area contributed by atoms with Gasteiger partial charge in [0.2, 0.25) is 0 Å². The number of nitrogens with one attached hydrogen (secondary N) is 3. The molecule has 0 aliphatic carbocycles. The average molecular weight is 627 g/mol. The lowest BCUT2D eigenvalue weighted by Gasteiger charge is -2.24. The molecule has 1 unspecified atom stereocenters. The number of halogens is 1. The van der Waals surface area contributed by atoms with E-state index in [2.05, 4.69) is 5.32 Å². The summed E-state index contributed by atoms with van der Waals surface area (Å²) in [6, 6.07) is 20.1. The van der Waals surface area contributed by atoms with Crippen LogP contribution >= 0.6 is 22.9 Å². The number of aliphatic imine (C=N–C) groups is 1. The van der Waals surface area contributed by atoms with Gasteiger partial charge in [0.1, 0.15) is 29.3 Å². The highest BCUT2D eigenvalue weighted by molar-refractivity contribution is 7.17. The van der Waals surface area contributed by atoms with Gasteiger partial charge in [0, 0.05) is 26.6 Å². The molecule has 5 N–H and O–H groups in total. The molecule has 11 heteroatoms. The Hall–Kier alpha value is -4.80. The largest absolute Gasteiger partial charge is 0.461 e. The molecule has 1 aromatic heterocycles. The molecule has 44 heavy (non-hydrogen) atoms. The standard InChI is InChI=1S/C33H31ClN6O3S/c1-18-19(2)44-33-29(18)30(22-12-14-24(34)15-13-22)38-27(31(37)40(33)20(3)35)16-28(41)43-17-21-8-10-23(11-9-21)32(42)39-26-7-5-4-6-25(26)36/h4-15,27,35,37H,16-17,36H2,1-3H3,(H,39,42). The smallest absolute Gasteiger partial charge is 0.308 e. The number of carbonyl (C=O) groups is 2. The first kappa shape index (κ1) is 30.7. The van der Waals surface area contributed by atoms with Crippen LogP contribution in [0.5, 0.6) is 0 Å². The van der Waals surface area contributed by atoms with Gasteiger partial charge in [0.05, 0.1) is 23.5 Å². The minimum atomic E-state index is -0.885. The number of hydrogen-bond donors (Lipinski definition) is 4. The molecule has 3 aromatic carbocycles. The molecule has 1 atom stereocenters. The maximum atomic E-state index is 13.1. The van der Waals surface area contributed by atoms with Crippen molar-refractivity contribution in [1.29, 1.82) is 10.8 Å². The Balaban J connectivity index is 1.33. The predicted molar refractivity (Wildman–Crippen MR) is 178 cm³/mol. The summed E-state index contributed by atoms with van der Waals surface area (Å²) in [6.45, 7) is 5.60. The number of amides is 1. The van der Waals surface area contributed by atoms with Gasteiger partial charge in [-0.15, -0.1) is 11.3 Å². The van der Waals surface area contributed by atoms with Crippen molar-refractivity contribution in [3.05, 3.63) is 111 Å². The van der Waals surface area contributed by atoms with E-state index in [0.29, 0.717) is 33.2 Å². The fourth-order valence-corrected chi connectivity index (χ4v) is 6.18. The van der Waals surface area contributed by atoms with Gasteiger partial charge in [0.15, 0.2) is 0 Å². The van der Waals surface area contributed by atoms with Crippen LogP contribution in [-0.2, 0) is 16.1 Å². The lowest BCUT2D eigenvalue weighted by molar-refractivity contribution is -0.145. The second-order valence-corrected chi connectivity index (χ2v) is 12.0. The number of benzene rings is 3. The lowest BCUT2D eigenvalue weighted by Crippen LogP contribution is -2.41. The van der Waals surface area contributed by atoms with E-state index in [4.69, 9.17) is 37.9 Å². The Kier molecular flexibility index (Phi) is 8.93. The summed E-state index contributed by atoms with van der Waals surface area (Å²) >= 11 is 7.65. The molecule has 1 amide bonds. The lowest BCUT2D eigenvalue weighted by atomic mass is 9.99. The quantitative estimate of drug-likeness (QED) is 0.0756. The number of nitrogen functional groups attached to an aromatic ring is 1. The first-order valence-corrected chi connectivity index (χ1v) is 15.0. The van der Waals surface area contributed by atoms with E-state index < -0.39 is 12.0 Å². The molecule has 4 aromatic rings. The number of amidine groups is 2. The minimum absolute atomic E-state index is 0.0148. The first-order valence-electron chi connectivity index (χ1n) is 13.8. The zero-order valence-electron chi connectivity index (χ0n) is 24.4. The van der Waals surface area contributed by atoms with E-state index in [1.165, 1.54) is 11.3 Å². The Morgan fingerprint density at radius 1 is 1.07 bits per heavy atom. The SMILES string of the molecule is CC(=N)N1C(=N)C(CC(=O)OCc2ccc(C(=O)Nc3ccccc3N)cc2)N=C(c2ccc(Cl)cc2)c2c1sc(C)c2C. The molecular formula is C33H31ClN6O3S. The van der Waals surface area contributed by atoms with Crippen LogP contribution in [0, 0.1) is 24.7 Å². The molecule has 0 bridgehead atoms. The molecule has 0 spiro atoms. The highest BCUT2D eigenvalue weighted by atomic mass is 35.5. The normalized spacial score (nSPS) is 14.4. The van der Waals surface area contributed by atoms with Gasteiger partial charge in [-0.05, 0) is 68.3 Å². The van der Waals surface area contributed by atoms with Crippen LogP contribution in [0.4, 0.5) is 16.4 Å². The number of ether oxygens (including phenoxy) is 1. The highest BCUT2D eigenvalue weighted by Gasteiger charge is 2.35. The molecular weight excluding hydrogens is 596 g/mol. The number of rotatable bonds is 7. The molecule has 0 saturated carbocycles. The van der Waals surface area contributed by atoms with Gasteiger partial charge >= 0.3 is 5.97 Å². The average Bonchev–Trinajstić information content (AvgIpc) is 3.21. The van der Waals surface area contributed by atoms with Crippen LogP contribution in [0.1, 0.15) is 50.8 Å². The summed E-state index contributed by atoms with van der Waals surface area (Å²) in [5.41, 5.74) is 11.3. The third-order valence-corrected chi connectivity index (χ3v) is 8.73. The van der Waals surface area contributed by atoms with E-state index in [1.807, 2.05) is 26.0 Å². The monoisotopic (exact) mass is 626 g/mol. The number of nitrogens with two attached hydrogens (primary N) is 1. The molecule has 1 aliphatic heterocycles. The van der Waals surface area contributed by atoms with Crippen LogP contribution in [0.25, 0.3) is 0 Å². The fraction of sp³-hybridized carbons (Fsp3) is 0.182. The predicted octanol–water partition coefficient (Wildman–Crippen LogP) is 6.99. The molecule has 1 aliphatic rings. The van der Waals surface area contributed by atoms with E-state index in [9.17, 15) is 9.59 Å². The molecule has 0 radical (unpaired) electrons. The number of esters is 1. The summed E-state index contributed by atoms with van der Waals surface area (Å²) in [5, 5.41) is 21.6. The number of thiophene rings is 1. The first-order chi connectivity index (χ1) is 21.0. The van der Waals surface area contributed by atoms with Crippen LogP contribution in [0.2, 0.25) is 5.02 Å². The van der Waals surface area contributed by atoms with Crippen molar-refractivity contribution in [2.75, 3.05) is 16.0 Å². The van der Waals surface area contributed by atoms with Crippen molar-refractivity contribution >= 4 is 68.6 Å². The third-order valence-electron chi connectivity index (χ3n) is 7.29. The van der Waals surface area contributed by atoms with Crippen molar-refractivity contribution in [3.8, 4) is 0 Å². The second-order valence-electron chi connectivity index (χ2n) is 10.4. The van der Waals surface area contributed by atoms with Crippen LogP contribution in [0.3, 0.4) is 0 Å². The molecule has 9 nitrogen and oxygen atoms in total. The van der Waals surface area contributed by atoms with Crippen molar-refractivity contribution in [2.24, 2.45) is 4.99 Å². The second kappa shape index (κ2) is 12.8. The van der Waals surface area contributed by atoms with Crippen molar-refractivity contribution in [3.63, 3.8) is 0 Å². The van der Waals surface area contributed by atoms with Gasteiger partial charge in [-0.3, -0.25) is 30.3 Å². The summed E-state index contributed by atoms with van der Waals surface area (Å²) < 4.78 is 5.58. The summed E-state index contributed by atoms with van der Waals surface area (Å²) in [6.07, 6.45) is -0.189. The number of nitrogens with zero attached hydrogens (tertiary/aromatic N) is 2. The van der Waals surface area contributed by atoms with Gasteiger partial charge in [-0.2, -0.15) is 0 Å². The summed E-state index contributed by atoms with van der Waals surface area (Å²) in [5.74, 6) is -0.670. The van der Waals surface area contributed by atoms with Crippen molar-refractivity contribution in [2.45, 2.75) is 39.8 Å². The molecule has 2 heterocycles. The Morgan fingerprint density at radius 3 is 2.41 bits per heavy atom. The van der Waals surface area contributed by atoms with E-state index in [0.717, 1.165) is 26.6 Å². The van der Waals surface area contributed by atoms with E-state index in [-0.39, 0.29) is 30.6 Å². The van der Waals surface area contributed by atoms with Gasteiger partial charge < -0.3 is 15.8 Å². The van der Waals surface area contributed by atoms with Crippen LogP contribution < -0.4 is 16.0 Å². The number of hydrogen-bond acceptors (Lipinski definition) is 8. The molecule has 5 rings (SSSR count). The Labute approximate surface area is 264 Å². The Bertz CT molecular complexity index is 1800. The topological polar surface area (TPSA) is 145 Å². The van der Waals surface area contributed by atoms with Crippen LogP contribution in [-0.4, -0.2) is 35.3 Å². The maximum Gasteiger partial charge on any atom is 0.308 e. The van der Waals surface area contributed by atoms with Gasteiger partial charge in [0.25, 0.3) is 5.91 Å². The van der Waals surface area contributed by atoms with Gasteiger partial charge in [-0.25, -0.2) is 0 Å². The van der Waals surface area contributed by atoms with Crippen molar-refractivity contribution in [1.82, 2.24) is 0 Å².